The van der Waals surface area contributed by atoms with E-state index in [4.69, 9.17) is 9.47 Å². The molecule has 0 spiro atoms. The van der Waals surface area contributed by atoms with Gasteiger partial charge >= 0.3 is 6.09 Å². The molecule has 9 heteroatoms. The number of ether oxygens (including phenoxy) is 2. The molecular weight excluding hydrogens is 461 g/mol. The molecule has 27 heavy (non-hydrogen) atoms. The maximum absolute atomic E-state index is 12.1. The largest absolute Gasteiger partial charge is 0.444 e. The van der Waals surface area contributed by atoms with Crippen molar-refractivity contribution in [1.29, 1.82) is 0 Å². The van der Waals surface area contributed by atoms with E-state index in [9.17, 15) is 4.79 Å². The molecule has 1 fully saturated rings. The summed E-state index contributed by atoms with van der Waals surface area (Å²) in [5.74, 6) is 0.766. The van der Waals surface area contributed by atoms with Gasteiger partial charge in [-0.05, 0) is 34.6 Å². The van der Waals surface area contributed by atoms with Crippen molar-refractivity contribution < 1.29 is 14.3 Å². The molecule has 1 rings (SSSR count). The third-order valence-corrected chi connectivity index (χ3v) is 4.20. The Morgan fingerprint density at radius 1 is 1.07 bits per heavy atom. The lowest BCUT2D eigenvalue weighted by atomic mass is 10.1. The number of carbonyl (C=O) groups is 1. The van der Waals surface area contributed by atoms with Crippen LogP contribution in [0.25, 0.3) is 0 Å². The lowest BCUT2D eigenvalue weighted by molar-refractivity contribution is 0.0146. The van der Waals surface area contributed by atoms with Gasteiger partial charge in [-0.15, -0.1) is 24.0 Å². The van der Waals surface area contributed by atoms with Crippen molar-refractivity contribution in [1.82, 2.24) is 20.4 Å². The molecule has 1 aliphatic heterocycles. The van der Waals surface area contributed by atoms with Crippen molar-refractivity contribution in [2.75, 3.05) is 60.0 Å². The monoisotopic (exact) mass is 499 g/mol. The van der Waals surface area contributed by atoms with Gasteiger partial charge in [0.2, 0.25) is 0 Å². The normalized spacial score (nSPS) is 16.6. The number of halogens is 1. The number of rotatable bonds is 6. The molecule has 0 radical (unpaired) electrons. The molecule has 0 aromatic heterocycles. The van der Waals surface area contributed by atoms with Gasteiger partial charge in [-0.1, -0.05) is 0 Å². The van der Waals surface area contributed by atoms with Crippen LogP contribution in [0.4, 0.5) is 4.79 Å². The van der Waals surface area contributed by atoms with Crippen LogP contribution in [0.2, 0.25) is 0 Å². The Balaban J connectivity index is 0.00000676. The van der Waals surface area contributed by atoms with Crippen LogP contribution in [0.1, 0.15) is 34.6 Å². The fourth-order valence-electron chi connectivity index (χ4n) is 2.40. The molecule has 160 valence electrons. The summed E-state index contributed by atoms with van der Waals surface area (Å²) >= 11 is 0. The predicted molar refractivity (Wildman–Crippen MR) is 120 cm³/mol. The van der Waals surface area contributed by atoms with Crippen LogP contribution < -0.4 is 10.6 Å². The van der Waals surface area contributed by atoms with Crippen molar-refractivity contribution in [3.8, 4) is 0 Å². The fourth-order valence-corrected chi connectivity index (χ4v) is 2.40. The van der Waals surface area contributed by atoms with E-state index < -0.39 is 5.60 Å². The minimum absolute atomic E-state index is 0. The van der Waals surface area contributed by atoms with Crippen molar-refractivity contribution in [2.24, 2.45) is 4.99 Å². The zero-order valence-electron chi connectivity index (χ0n) is 17.9. The van der Waals surface area contributed by atoms with E-state index in [-0.39, 0.29) is 35.7 Å². The Bertz CT molecular complexity index is 472. The van der Waals surface area contributed by atoms with Crippen LogP contribution in [0.5, 0.6) is 0 Å². The summed E-state index contributed by atoms with van der Waals surface area (Å²) in [4.78, 5) is 20.4. The van der Waals surface area contributed by atoms with Crippen LogP contribution in [0.15, 0.2) is 4.99 Å². The summed E-state index contributed by atoms with van der Waals surface area (Å²) < 4.78 is 10.8. The third kappa shape index (κ3) is 10.9. The Morgan fingerprint density at radius 3 is 2.15 bits per heavy atom. The highest BCUT2D eigenvalue weighted by molar-refractivity contribution is 14.0. The molecule has 8 nitrogen and oxygen atoms in total. The average molecular weight is 499 g/mol. The van der Waals surface area contributed by atoms with Gasteiger partial charge in [-0.25, -0.2) is 4.79 Å². The lowest BCUT2D eigenvalue weighted by Gasteiger charge is -2.35. The first kappa shape index (κ1) is 26.2. The maximum Gasteiger partial charge on any atom is 0.410 e. The SMILES string of the molecule is CN=C(NCCN1CCN(C(=O)OC(C)(C)C)CC1)NCC(C)(C)OC.I. The molecule has 1 saturated heterocycles. The van der Waals surface area contributed by atoms with Crippen LogP contribution in [0.3, 0.4) is 0 Å². The van der Waals surface area contributed by atoms with Gasteiger partial charge in [0.1, 0.15) is 5.60 Å². The van der Waals surface area contributed by atoms with E-state index in [2.05, 4.69) is 20.5 Å². The number of nitrogens with one attached hydrogen (secondary N) is 2. The highest BCUT2D eigenvalue weighted by Gasteiger charge is 2.25. The van der Waals surface area contributed by atoms with Gasteiger partial charge in [0.15, 0.2) is 5.96 Å². The second-order valence-electron chi connectivity index (χ2n) is 8.13. The zero-order chi connectivity index (χ0) is 19.8. The Kier molecular flexibility index (Phi) is 11.5. The number of amides is 1. The van der Waals surface area contributed by atoms with Crippen LogP contribution in [-0.4, -0.2) is 93.0 Å². The van der Waals surface area contributed by atoms with Gasteiger partial charge in [-0.2, -0.15) is 0 Å². The highest BCUT2D eigenvalue weighted by atomic mass is 127. The topological polar surface area (TPSA) is 78.4 Å². The minimum atomic E-state index is -0.446. The number of hydrogen-bond donors (Lipinski definition) is 2. The van der Waals surface area contributed by atoms with E-state index in [1.165, 1.54) is 0 Å². The second kappa shape index (κ2) is 11.9. The lowest BCUT2D eigenvalue weighted by Crippen LogP contribution is -2.52. The van der Waals surface area contributed by atoms with Crippen molar-refractivity contribution in [3.63, 3.8) is 0 Å². The summed E-state index contributed by atoms with van der Waals surface area (Å²) in [5, 5.41) is 6.58. The number of carbonyl (C=O) groups excluding carboxylic acids is 1. The summed E-state index contributed by atoms with van der Waals surface area (Å²) in [6.45, 7) is 15.2. The summed E-state index contributed by atoms with van der Waals surface area (Å²) in [7, 11) is 3.46. The van der Waals surface area contributed by atoms with E-state index in [0.717, 1.165) is 32.1 Å². The van der Waals surface area contributed by atoms with Gasteiger partial charge in [0.05, 0.1) is 5.60 Å². The smallest absolute Gasteiger partial charge is 0.410 e. The third-order valence-electron chi connectivity index (χ3n) is 4.20. The first-order chi connectivity index (χ1) is 12.1. The van der Waals surface area contributed by atoms with E-state index in [1.54, 1.807) is 19.1 Å². The minimum Gasteiger partial charge on any atom is -0.444 e. The Labute approximate surface area is 181 Å². The van der Waals surface area contributed by atoms with Gasteiger partial charge in [-0.3, -0.25) is 9.89 Å². The van der Waals surface area contributed by atoms with Crippen molar-refractivity contribution in [3.05, 3.63) is 0 Å². The molecule has 0 atom stereocenters. The molecule has 1 amide bonds. The number of hydrogen-bond acceptors (Lipinski definition) is 5. The molecule has 0 unspecified atom stereocenters. The molecule has 2 N–H and O–H groups in total. The highest BCUT2D eigenvalue weighted by Crippen LogP contribution is 2.11. The summed E-state index contributed by atoms with van der Waals surface area (Å²) in [5.41, 5.74) is -0.686. The Hall–Kier alpha value is -0.810. The quantitative estimate of drug-likeness (QED) is 0.330. The first-order valence-corrected chi connectivity index (χ1v) is 9.26. The molecule has 0 aromatic rings. The van der Waals surface area contributed by atoms with E-state index in [0.29, 0.717) is 19.6 Å². The number of aliphatic imine (C=N–C) groups is 1. The maximum atomic E-state index is 12.1. The van der Waals surface area contributed by atoms with Crippen molar-refractivity contribution in [2.45, 2.75) is 45.8 Å². The Morgan fingerprint density at radius 2 is 1.67 bits per heavy atom. The zero-order valence-corrected chi connectivity index (χ0v) is 20.3. The molecule has 0 bridgehead atoms. The van der Waals surface area contributed by atoms with Crippen LogP contribution >= 0.6 is 24.0 Å². The first-order valence-electron chi connectivity index (χ1n) is 9.26. The van der Waals surface area contributed by atoms with E-state index >= 15 is 0 Å². The van der Waals surface area contributed by atoms with Gasteiger partial charge < -0.3 is 25.0 Å². The van der Waals surface area contributed by atoms with Gasteiger partial charge in [0.25, 0.3) is 0 Å². The van der Waals surface area contributed by atoms with Crippen LogP contribution in [0, 0.1) is 0 Å². The standard InChI is InChI=1S/C18H37N5O3.HI/c1-17(2,3)26-16(24)23-12-10-22(11-13-23)9-8-20-15(19-6)21-14-18(4,5)25-7;/h8-14H2,1-7H3,(H2,19,20,21);1H. The van der Waals surface area contributed by atoms with Crippen molar-refractivity contribution >= 4 is 36.0 Å². The molecule has 0 aliphatic carbocycles. The molecule has 1 heterocycles. The average Bonchev–Trinajstić information content (AvgIpc) is 2.57. The number of piperazine rings is 1. The molecular formula is C18H38IN5O3. The van der Waals surface area contributed by atoms with Gasteiger partial charge in [0, 0.05) is 60.0 Å². The number of methoxy groups -OCH3 is 1. The summed E-state index contributed by atoms with van der Waals surface area (Å²) in [6.07, 6.45) is -0.222. The molecule has 0 aromatic carbocycles. The summed E-state index contributed by atoms with van der Waals surface area (Å²) in [6, 6.07) is 0. The predicted octanol–water partition coefficient (Wildman–Crippen LogP) is 1.75. The number of guanidine groups is 1. The number of nitrogens with zero attached hydrogens (tertiary/aromatic N) is 3. The van der Waals surface area contributed by atoms with E-state index in [1.807, 2.05) is 34.6 Å². The molecule has 0 saturated carbocycles. The second-order valence-corrected chi connectivity index (χ2v) is 8.13. The fraction of sp³-hybridized carbons (Fsp3) is 0.889. The van der Waals surface area contributed by atoms with Crippen LogP contribution in [-0.2, 0) is 9.47 Å². The molecule has 1 aliphatic rings.